The average Bonchev–Trinajstić information content (AvgIpc) is 3.26. The molecule has 2 aliphatic rings. The van der Waals surface area contributed by atoms with Gasteiger partial charge in [-0.05, 0) is 35.9 Å². The number of carbonyl (C=O) groups is 4. The molecule has 4 amide bonds. The number of hydrogen-bond acceptors (Lipinski definition) is 5. The molecule has 4 rings (SSSR count). The molecular formula is C23H17F6N3O6. The van der Waals surface area contributed by atoms with Crippen molar-refractivity contribution in [3.63, 3.8) is 0 Å². The summed E-state index contributed by atoms with van der Waals surface area (Å²) >= 11 is 0. The van der Waals surface area contributed by atoms with E-state index in [0.717, 1.165) is 4.90 Å². The van der Waals surface area contributed by atoms with Gasteiger partial charge in [-0.1, -0.05) is 12.1 Å². The lowest BCUT2D eigenvalue weighted by molar-refractivity contribution is -0.162. The lowest BCUT2D eigenvalue weighted by atomic mass is 9.98. The normalized spacial score (nSPS) is 18.7. The number of amides is 4. The molecule has 202 valence electrons. The Bertz CT molecular complexity index is 1290. The quantitative estimate of drug-likeness (QED) is 0.442. The van der Waals surface area contributed by atoms with Crippen LogP contribution in [0.3, 0.4) is 0 Å². The Balaban J connectivity index is 1.71. The first-order valence-electron chi connectivity index (χ1n) is 10.9. The predicted molar refractivity (Wildman–Crippen MR) is 116 cm³/mol. The fourth-order valence-corrected chi connectivity index (χ4v) is 4.23. The van der Waals surface area contributed by atoms with E-state index in [0.29, 0.717) is 17.8 Å². The van der Waals surface area contributed by atoms with E-state index in [1.807, 2.05) is 0 Å². The highest BCUT2D eigenvalue weighted by Crippen LogP contribution is 2.42. The van der Waals surface area contributed by atoms with Gasteiger partial charge in [0, 0.05) is 17.9 Å². The molecule has 0 aliphatic carbocycles. The Morgan fingerprint density at radius 3 is 2.03 bits per heavy atom. The number of hydrogen-bond donors (Lipinski definition) is 1. The molecule has 0 aromatic heterocycles. The fourth-order valence-electron chi connectivity index (χ4n) is 4.23. The third-order valence-electron chi connectivity index (χ3n) is 5.99. The van der Waals surface area contributed by atoms with Crippen molar-refractivity contribution in [1.82, 2.24) is 4.90 Å². The number of nitrogens with zero attached hydrogens (tertiary/aromatic N) is 3. The number of alkyl halides is 6. The number of halogens is 6. The lowest BCUT2D eigenvalue weighted by Gasteiger charge is -2.37. The summed E-state index contributed by atoms with van der Waals surface area (Å²) in [6.45, 7) is -1.53. The van der Waals surface area contributed by atoms with Gasteiger partial charge in [0.1, 0.15) is 6.61 Å². The smallest absolute Gasteiger partial charge is 0.417 e. The fraction of sp³-hybridized carbons (Fsp3) is 0.304. The van der Waals surface area contributed by atoms with Gasteiger partial charge in [-0.25, -0.2) is 9.59 Å². The summed E-state index contributed by atoms with van der Waals surface area (Å²) in [7, 11) is 0. The number of carboxylic acids is 1. The maximum absolute atomic E-state index is 13.7. The number of carbonyl (C=O) groups excluding carboxylic acids is 3. The zero-order chi connectivity index (χ0) is 28.0. The van der Waals surface area contributed by atoms with Crippen LogP contribution in [-0.4, -0.2) is 53.7 Å². The van der Waals surface area contributed by atoms with Crippen molar-refractivity contribution >= 4 is 35.4 Å². The molecule has 0 spiro atoms. The van der Waals surface area contributed by atoms with Crippen LogP contribution in [0.4, 0.5) is 47.3 Å². The van der Waals surface area contributed by atoms with E-state index in [1.165, 1.54) is 29.2 Å². The number of rotatable bonds is 5. The van der Waals surface area contributed by atoms with Crippen molar-refractivity contribution in [3.8, 4) is 0 Å². The molecule has 0 bridgehead atoms. The highest BCUT2D eigenvalue weighted by Gasteiger charge is 2.47. The maximum Gasteiger partial charge on any atom is 0.417 e. The van der Waals surface area contributed by atoms with Crippen molar-refractivity contribution in [2.45, 2.75) is 18.9 Å². The van der Waals surface area contributed by atoms with Gasteiger partial charge < -0.3 is 9.84 Å². The molecule has 38 heavy (non-hydrogen) atoms. The number of benzene rings is 2. The molecule has 0 saturated carbocycles. The molecule has 2 aromatic rings. The highest BCUT2D eigenvalue weighted by atomic mass is 19.4. The van der Waals surface area contributed by atoms with E-state index < -0.39 is 72.1 Å². The van der Waals surface area contributed by atoms with Gasteiger partial charge in [0.05, 0.1) is 24.2 Å². The molecular weight excluding hydrogens is 528 g/mol. The molecule has 1 N–H and O–H groups in total. The van der Waals surface area contributed by atoms with Crippen LogP contribution in [0, 0.1) is 5.92 Å². The number of urea groups is 1. The minimum atomic E-state index is -5.50. The van der Waals surface area contributed by atoms with Crippen LogP contribution >= 0.6 is 0 Å². The summed E-state index contributed by atoms with van der Waals surface area (Å²) in [5, 5.41) is 9.52. The Labute approximate surface area is 209 Å². The van der Waals surface area contributed by atoms with Crippen LogP contribution < -0.4 is 9.80 Å². The van der Waals surface area contributed by atoms with E-state index in [-0.39, 0.29) is 29.8 Å². The molecule has 1 unspecified atom stereocenters. The van der Waals surface area contributed by atoms with E-state index >= 15 is 0 Å². The van der Waals surface area contributed by atoms with Crippen LogP contribution in [-0.2, 0) is 33.2 Å². The van der Waals surface area contributed by atoms with Crippen molar-refractivity contribution < 1.29 is 55.4 Å². The number of imide groups is 1. The second-order valence-corrected chi connectivity index (χ2v) is 8.33. The summed E-state index contributed by atoms with van der Waals surface area (Å²) in [5.74, 6) is -4.96. The lowest BCUT2D eigenvalue weighted by Crippen LogP contribution is -2.58. The molecule has 1 atom stereocenters. The zero-order valence-electron chi connectivity index (χ0n) is 19.0. The van der Waals surface area contributed by atoms with Gasteiger partial charge in [-0.3, -0.25) is 24.3 Å². The van der Waals surface area contributed by atoms with Crippen LogP contribution in [0.25, 0.3) is 0 Å². The SMILES string of the molecule is O=C(O)C1CN(c2ccc(N3CCOC3=O)cc2)C(=O)N(Cc2cccc(C(F)(F)F)c2C(F)(F)F)C1=O. The third kappa shape index (κ3) is 4.95. The van der Waals surface area contributed by atoms with E-state index in [1.54, 1.807) is 0 Å². The Morgan fingerprint density at radius 1 is 0.921 bits per heavy atom. The summed E-state index contributed by atoms with van der Waals surface area (Å²) < 4.78 is 86.0. The van der Waals surface area contributed by atoms with Gasteiger partial charge >= 0.3 is 30.4 Å². The number of aliphatic carboxylic acids is 1. The largest absolute Gasteiger partial charge is 0.481 e. The van der Waals surface area contributed by atoms with Crippen LogP contribution in [0.2, 0.25) is 0 Å². The van der Waals surface area contributed by atoms with Gasteiger partial charge in [0.15, 0.2) is 5.92 Å². The predicted octanol–water partition coefficient (Wildman–Crippen LogP) is 4.35. The summed E-state index contributed by atoms with van der Waals surface area (Å²) in [5.41, 5.74) is -4.72. The Kier molecular flexibility index (Phi) is 6.71. The topological polar surface area (TPSA) is 107 Å². The van der Waals surface area contributed by atoms with Crippen LogP contribution in [0.15, 0.2) is 42.5 Å². The van der Waals surface area contributed by atoms with E-state index in [4.69, 9.17) is 4.74 Å². The number of anilines is 2. The van der Waals surface area contributed by atoms with Crippen LogP contribution in [0.1, 0.15) is 16.7 Å². The van der Waals surface area contributed by atoms with Crippen LogP contribution in [0.5, 0.6) is 0 Å². The molecule has 2 aliphatic heterocycles. The standard InChI is InChI=1S/C23H17F6N3O6/c24-22(25,26)16-3-1-2-12(17(16)23(27,28)29)10-32-18(33)15(19(34)35)11-31(20(32)36)14-6-4-13(5-7-14)30-8-9-38-21(30)37/h1-7,15H,8-11H2,(H,34,35). The van der Waals surface area contributed by atoms with Crippen molar-refractivity contribution in [2.24, 2.45) is 5.92 Å². The van der Waals surface area contributed by atoms with Gasteiger partial charge in [-0.2, -0.15) is 26.3 Å². The highest BCUT2D eigenvalue weighted by molar-refractivity contribution is 6.12. The molecule has 0 radical (unpaired) electrons. The molecule has 2 heterocycles. The van der Waals surface area contributed by atoms with Crippen molar-refractivity contribution in [1.29, 1.82) is 0 Å². The number of carboxylic acid groups (broad SMARTS) is 1. The summed E-state index contributed by atoms with van der Waals surface area (Å²) in [6.07, 6.45) is -11.5. The molecule has 2 saturated heterocycles. The first kappa shape index (κ1) is 26.8. The van der Waals surface area contributed by atoms with Gasteiger partial charge in [-0.15, -0.1) is 0 Å². The Hall–Kier alpha value is -4.30. The third-order valence-corrected chi connectivity index (χ3v) is 5.99. The van der Waals surface area contributed by atoms with Crippen molar-refractivity contribution in [2.75, 3.05) is 29.5 Å². The second kappa shape index (κ2) is 9.54. The minimum absolute atomic E-state index is 0.0372. The first-order chi connectivity index (χ1) is 17.7. The number of cyclic esters (lactones) is 1. The average molecular weight is 545 g/mol. The summed E-state index contributed by atoms with van der Waals surface area (Å²) in [6, 6.07) is 5.80. The van der Waals surface area contributed by atoms with E-state index in [2.05, 4.69) is 0 Å². The molecule has 9 nitrogen and oxygen atoms in total. The minimum Gasteiger partial charge on any atom is -0.481 e. The zero-order valence-corrected chi connectivity index (χ0v) is 19.0. The summed E-state index contributed by atoms with van der Waals surface area (Å²) in [4.78, 5) is 51.8. The Morgan fingerprint density at radius 2 is 1.53 bits per heavy atom. The monoisotopic (exact) mass is 545 g/mol. The van der Waals surface area contributed by atoms with Gasteiger partial charge in [0.2, 0.25) is 5.91 Å². The molecule has 2 aromatic carbocycles. The van der Waals surface area contributed by atoms with Crippen molar-refractivity contribution in [3.05, 3.63) is 59.2 Å². The van der Waals surface area contributed by atoms with E-state index in [9.17, 15) is 50.6 Å². The molecule has 2 fully saturated rings. The number of ether oxygens (including phenoxy) is 1. The maximum atomic E-state index is 13.7. The second-order valence-electron chi connectivity index (χ2n) is 8.33. The molecule has 15 heteroatoms. The van der Waals surface area contributed by atoms with Gasteiger partial charge in [0.25, 0.3) is 0 Å². The first-order valence-corrected chi connectivity index (χ1v) is 10.9.